The van der Waals surface area contributed by atoms with Gasteiger partial charge in [-0.1, -0.05) is 49.0 Å². The van der Waals surface area contributed by atoms with E-state index >= 15 is 0 Å². The maximum atomic E-state index is 12.0. The van der Waals surface area contributed by atoms with Crippen LogP contribution < -0.4 is 11.1 Å². The lowest BCUT2D eigenvalue weighted by Crippen LogP contribution is -2.40. The first-order valence-corrected chi connectivity index (χ1v) is 6.80. The van der Waals surface area contributed by atoms with Gasteiger partial charge < -0.3 is 11.1 Å². The van der Waals surface area contributed by atoms with Gasteiger partial charge in [0.15, 0.2) is 0 Å². The van der Waals surface area contributed by atoms with Crippen LogP contribution in [0.3, 0.4) is 0 Å². The SMILES string of the molecule is CCCCC(CN)NC(=O)c1cccc(Cl)c1Cl. The number of carbonyl (C=O) groups is 1. The van der Waals surface area contributed by atoms with Gasteiger partial charge in [-0.3, -0.25) is 4.79 Å². The van der Waals surface area contributed by atoms with Crippen LogP contribution in [0.25, 0.3) is 0 Å². The Labute approximate surface area is 118 Å². The van der Waals surface area contributed by atoms with Crippen LogP contribution in [0.1, 0.15) is 36.5 Å². The van der Waals surface area contributed by atoms with Gasteiger partial charge in [-0.25, -0.2) is 0 Å². The lowest BCUT2D eigenvalue weighted by Gasteiger charge is -2.17. The number of hydrogen-bond acceptors (Lipinski definition) is 2. The van der Waals surface area contributed by atoms with Gasteiger partial charge >= 0.3 is 0 Å². The summed E-state index contributed by atoms with van der Waals surface area (Å²) >= 11 is 11.9. The molecule has 0 fully saturated rings. The van der Waals surface area contributed by atoms with Gasteiger partial charge in [-0.05, 0) is 18.6 Å². The summed E-state index contributed by atoms with van der Waals surface area (Å²) in [5.41, 5.74) is 6.02. The van der Waals surface area contributed by atoms with E-state index in [4.69, 9.17) is 28.9 Å². The molecule has 0 saturated carbocycles. The highest BCUT2D eigenvalue weighted by Crippen LogP contribution is 2.25. The molecule has 1 aromatic rings. The Bertz CT molecular complexity index is 410. The number of benzene rings is 1. The molecule has 0 saturated heterocycles. The quantitative estimate of drug-likeness (QED) is 0.844. The summed E-state index contributed by atoms with van der Waals surface area (Å²) < 4.78 is 0. The molecule has 0 bridgehead atoms. The normalized spacial score (nSPS) is 12.2. The summed E-state index contributed by atoms with van der Waals surface area (Å²) in [4.78, 5) is 12.0. The minimum atomic E-state index is -0.228. The maximum absolute atomic E-state index is 12.0. The van der Waals surface area contributed by atoms with Gasteiger partial charge in [0.25, 0.3) is 5.91 Å². The van der Waals surface area contributed by atoms with Crippen molar-refractivity contribution in [2.45, 2.75) is 32.2 Å². The fraction of sp³-hybridized carbons (Fsp3) is 0.462. The van der Waals surface area contributed by atoms with Crippen molar-refractivity contribution < 1.29 is 4.79 Å². The molecule has 1 rings (SSSR count). The van der Waals surface area contributed by atoms with E-state index in [0.29, 0.717) is 17.1 Å². The van der Waals surface area contributed by atoms with Crippen LogP contribution in [0, 0.1) is 0 Å². The molecule has 1 unspecified atom stereocenters. The van der Waals surface area contributed by atoms with E-state index in [2.05, 4.69) is 12.2 Å². The first kappa shape index (κ1) is 15.3. The molecule has 5 heteroatoms. The number of nitrogens with two attached hydrogens (primary N) is 1. The molecule has 0 spiro atoms. The van der Waals surface area contributed by atoms with E-state index in [1.807, 2.05) is 0 Å². The molecule has 1 atom stereocenters. The number of halogens is 2. The average molecular weight is 289 g/mol. The highest BCUT2D eigenvalue weighted by Gasteiger charge is 2.15. The van der Waals surface area contributed by atoms with Crippen molar-refractivity contribution in [1.82, 2.24) is 5.32 Å². The summed E-state index contributed by atoms with van der Waals surface area (Å²) in [7, 11) is 0. The Hall–Kier alpha value is -0.770. The highest BCUT2D eigenvalue weighted by atomic mass is 35.5. The van der Waals surface area contributed by atoms with E-state index in [9.17, 15) is 4.79 Å². The summed E-state index contributed by atoms with van der Waals surface area (Å²) in [5.74, 6) is -0.228. The van der Waals surface area contributed by atoms with Crippen molar-refractivity contribution >= 4 is 29.1 Å². The fourth-order valence-corrected chi connectivity index (χ4v) is 2.03. The topological polar surface area (TPSA) is 55.1 Å². The molecule has 0 aliphatic heterocycles. The lowest BCUT2D eigenvalue weighted by atomic mass is 10.1. The molecule has 1 aromatic carbocycles. The molecule has 0 radical (unpaired) electrons. The fourth-order valence-electron chi connectivity index (χ4n) is 1.64. The van der Waals surface area contributed by atoms with Crippen molar-refractivity contribution in [3.8, 4) is 0 Å². The average Bonchev–Trinajstić information content (AvgIpc) is 2.37. The molecule has 1 amide bonds. The van der Waals surface area contributed by atoms with Crippen LogP contribution in [0.5, 0.6) is 0 Å². The molecular weight excluding hydrogens is 271 g/mol. The smallest absolute Gasteiger partial charge is 0.253 e. The second-order valence-corrected chi connectivity index (χ2v) is 4.93. The standard InChI is InChI=1S/C13H18Cl2N2O/c1-2-3-5-9(8-16)17-13(18)10-6-4-7-11(14)12(10)15/h4,6-7,9H,2-3,5,8,16H2,1H3,(H,17,18). The van der Waals surface area contributed by atoms with Crippen LogP contribution in [0.4, 0.5) is 0 Å². The highest BCUT2D eigenvalue weighted by molar-refractivity contribution is 6.43. The van der Waals surface area contributed by atoms with Crippen molar-refractivity contribution in [2.24, 2.45) is 5.73 Å². The third-order valence-corrected chi connectivity index (χ3v) is 3.54. The molecular formula is C13H18Cl2N2O. The second-order valence-electron chi connectivity index (χ2n) is 4.15. The van der Waals surface area contributed by atoms with Gasteiger partial charge in [-0.15, -0.1) is 0 Å². The first-order chi connectivity index (χ1) is 8.60. The van der Waals surface area contributed by atoms with E-state index in [1.165, 1.54) is 0 Å². The molecule has 3 N–H and O–H groups in total. The van der Waals surface area contributed by atoms with E-state index < -0.39 is 0 Å². The summed E-state index contributed by atoms with van der Waals surface area (Å²) in [6.07, 6.45) is 2.98. The minimum absolute atomic E-state index is 0.0208. The van der Waals surface area contributed by atoms with E-state index in [0.717, 1.165) is 19.3 Å². The number of nitrogens with one attached hydrogen (secondary N) is 1. The van der Waals surface area contributed by atoms with Crippen LogP contribution in [-0.2, 0) is 0 Å². The third-order valence-electron chi connectivity index (χ3n) is 2.72. The summed E-state index contributed by atoms with van der Waals surface area (Å²) in [6.45, 7) is 2.52. The van der Waals surface area contributed by atoms with Gasteiger partial charge in [0.2, 0.25) is 0 Å². The molecule has 100 valence electrons. The molecule has 0 heterocycles. The summed E-state index contributed by atoms with van der Waals surface area (Å²) in [6, 6.07) is 4.98. The van der Waals surface area contributed by atoms with Gasteiger partial charge in [0.05, 0.1) is 15.6 Å². The molecule has 18 heavy (non-hydrogen) atoms. The van der Waals surface area contributed by atoms with Gasteiger partial charge in [-0.2, -0.15) is 0 Å². The maximum Gasteiger partial charge on any atom is 0.253 e. The van der Waals surface area contributed by atoms with Crippen LogP contribution in [0.15, 0.2) is 18.2 Å². The van der Waals surface area contributed by atoms with Crippen LogP contribution in [-0.4, -0.2) is 18.5 Å². The Morgan fingerprint density at radius 3 is 2.78 bits per heavy atom. The molecule has 0 aliphatic carbocycles. The zero-order chi connectivity index (χ0) is 13.5. The number of hydrogen-bond donors (Lipinski definition) is 2. The lowest BCUT2D eigenvalue weighted by molar-refractivity contribution is 0.0936. The van der Waals surface area contributed by atoms with Crippen LogP contribution >= 0.6 is 23.2 Å². The zero-order valence-corrected chi connectivity index (χ0v) is 11.9. The zero-order valence-electron chi connectivity index (χ0n) is 10.4. The number of carbonyl (C=O) groups excluding carboxylic acids is 1. The van der Waals surface area contributed by atoms with E-state index in [1.54, 1.807) is 18.2 Å². The van der Waals surface area contributed by atoms with Crippen molar-refractivity contribution in [3.05, 3.63) is 33.8 Å². The predicted octanol–water partition coefficient (Wildman–Crippen LogP) is 3.24. The van der Waals surface area contributed by atoms with Crippen molar-refractivity contribution in [2.75, 3.05) is 6.54 Å². The minimum Gasteiger partial charge on any atom is -0.348 e. The Kier molecular flexibility index (Phi) is 6.47. The molecule has 3 nitrogen and oxygen atoms in total. The van der Waals surface area contributed by atoms with Gasteiger partial charge in [0, 0.05) is 12.6 Å². The molecule has 0 aromatic heterocycles. The number of amides is 1. The first-order valence-electron chi connectivity index (χ1n) is 6.05. The molecule has 0 aliphatic rings. The second kappa shape index (κ2) is 7.62. The van der Waals surface area contributed by atoms with E-state index in [-0.39, 0.29) is 17.0 Å². The van der Waals surface area contributed by atoms with Crippen molar-refractivity contribution in [1.29, 1.82) is 0 Å². The Balaban J connectivity index is 2.72. The largest absolute Gasteiger partial charge is 0.348 e. The van der Waals surface area contributed by atoms with Crippen molar-refractivity contribution in [3.63, 3.8) is 0 Å². The monoisotopic (exact) mass is 288 g/mol. The number of rotatable bonds is 6. The number of unbranched alkanes of at least 4 members (excludes halogenated alkanes) is 1. The van der Waals surface area contributed by atoms with Crippen LogP contribution in [0.2, 0.25) is 10.0 Å². The third kappa shape index (κ3) is 4.16. The van der Waals surface area contributed by atoms with Gasteiger partial charge in [0.1, 0.15) is 0 Å². The Morgan fingerprint density at radius 1 is 1.44 bits per heavy atom. The predicted molar refractivity (Wildman–Crippen MR) is 76.3 cm³/mol. The summed E-state index contributed by atoms with van der Waals surface area (Å²) in [5, 5.41) is 3.54. The Morgan fingerprint density at radius 2 is 2.17 bits per heavy atom.